The minimum Gasteiger partial charge on any atom is -0.504 e. The lowest BCUT2D eigenvalue weighted by Crippen LogP contribution is -2.74. The number of piperidine rings is 1. The summed E-state index contributed by atoms with van der Waals surface area (Å²) in [5, 5.41) is 27.7. The van der Waals surface area contributed by atoms with E-state index in [1.54, 1.807) is 6.07 Å². The van der Waals surface area contributed by atoms with Crippen LogP contribution in [0.25, 0.3) is 21.7 Å². The van der Waals surface area contributed by atoms with Crippen LogP contribution < -0.4 is 4.74 Å². The molecule has 3 N–H and O–H groups in total. The maximum Gasteiger partial charge on any atom is 0.166 e. The molecule has 182 valence electrons. The van der Waals surface area contributed by atoms with Crippen molar-refractivity contribution in [2.24, 2.45) is 5.92 Å². The third-order valence-corrected chi connectivity index (χ3v) is 10.4. The molecular weight excluding hydrogens is 472 g/mol. The van der Waals surface area contributed by atoms with Crippen LogP contribution in [0.1, 0.15) is 47.8 Å². The molecule has 2 fully saturated rings. The second-order valence-corrected chi connectivity index (χ2v) is 12.2. The van der Waals surface area contributed by atoms with Gasteiger partial charge in [-0.15, -0.1) is 0 Å². The highest BCUT2D eigenvalue weighted by atomic mass is 35.5. The van der Waals surface area contributed by atoms with Crippen molar-refractivity contribution < 1.29 is 14.9 Å². The van der Waals surface area contributed by atoms with Gasteiger partial charge in [0.25, 0.3) is 0 Å². The first-order valence-electron chi connectivity index (χ1n) is 13.2. The number of halogens is 1. The molecule has 1 aromatic heterocycles. The minimum absolute atomic E-state index is 0.0231. The Morgan fingerprint density at radius 2 is 1.94 bits per heavy atom. The number of H-pyrrole nitrogens is 1. The van der Waals surface area contributed by atoms with E-state index in [4.69, 9.17) is 16.3 Å². The van der Waals surface area contributed by atoms with E-state index in [0.717, 1.165) is 75.4 Å². The summed E-state index contributed by atoms with van der Waals surface area (Å²) >= 11 is 6.79. The molecule has 5 aliphatic rings. The van der Waals surface area contributed by atoms with Crippen LogP contribution in [0.5, 0.6) is 11.5 Å². The molecule has 1 saturated heterocycles. The van der Waals surface area contributed by atoms with Gasteiger partial charge in [0.05, 0.1) is 22.2 Å². The van der Waals surface area contributed by atoms with Crippen molar-refractivity contribution in [2.45, 2.75) is 55.3 Å². The Bertz CT molecular complexity index is 1640. The number of rotatable bonds is 2. The van der Waals surface area contributed by atoms with Crippen molar-refractivity contribution in [2.75, 3.05) is 13.1 Å². The monoisotopic (exact) mass is 498 g/mol. The van der Waals surface area contributed by atoms with Crippen LogP contribution >= 0.6 is 11.6 Å². The van der Waals surface area contributed by atoms with E-state index in [9.17, 15) is 10.2 Å². The van der Waals surface area contributed by atoms with Gasteiger partial charge >= 0.3 is 0 Å². The molecule has 6 heteroatoms. The number of phenols is 1. The summed E-state index contributed by atoms with van der Waals surface area (Å²) < 4.78 is 6.71. The standard InChI is InChI=1S/C30H27ClN2O3/c31-21-12-19-20-13-30(35)23-11-16-7-8-22(34)27-24(16)29(30,9-10-33(23)14-15-5-6-15)28(36-27)26(20)32-25(19)18-4-2-1-3-17(18)21/h1-4,7-8,12,15,23,28,32,34-35H,5-6,9-11,13-14H2/t23-,28+,29+,30-/m1/s1. The molecule has 0 unspecified atom stereocenters. The molecule has 3 aliphatic carbocycles. The largest absolute Gasteiger partial charge is 0.504 e. The van der Waals surface area contributed by atoms with Gasteiger partial charge in [-0.1, -0.05) is 41.9 Å². The van der Waals surface area contributed by atoms with Crippen LogP contribution in [0, 0.1) is 5.92 Å². The molecule has 2 aliphatic heterocycles. The Kier molecular flexibility index (Phi) is 3.61. The van der Waals surface area contributed by atoms with E-state index in [-0.39, 0.29) is 17.9 Å². The third-order valence-electron chi connectivity index (χ3n) is 10.1. The number of hydrogen-bond acceptors (Lipinski definition) is 4. The fourth-order valence-electron chi connectivity index (χ4n) is 8.41. The molecule has 3 heterocycles. The Labute approximate surface area is 213 Å². The zero-order valence-corrected chi connectivity index (χ0v) is 20.6. The summed E-state index contributed by atoms with van der Waals surface area (Å²) in [6.07, 6.45) is 4.37. The summed E-state index contributed by atoms with van der Waals surface area (Å²) in [5.41, 5.74) is 3.88. The lowest BCUT2D eigenvalue weighted by molar-refractivity contribution is -0.173. The number of likely N-dealkylation sites (tertiary alicyclic amines) is 1. The van der Waals surface area contributed by atoms with Crippen LogP contribution in [-0.2, 0) is 18.3 Å². The Hall–Kier alpha value is -2.73. The van der Waals surface area contributed by atoms with Gasteiger partial charge in [-0.2, -0.15) is 0 Å². The number of aromatic hydroxyl groups is 1. The van der Waals surface area contributed by atoms with E-state index in [1.807, 2.05) is 12.1 Å². The van der Waals surface area contributed by atoms with Gasteiger partial charge in [0.2, 0.25) is 0 Å². The van der Waals surface area contributed by atoms with Crippen molar-refractivity contribution in [1.29, 1.82) is 0 Å². The lowest BCUT2D eigenvalue weighted by Gasteiger charge is -2.62. The summed E-state index contributed by atoms with van der Waals surface area (Å²) in [7, 11) is 0. The fourth-order valence-corrected chi connectivity index (χ4v) is 8.69. The second kappa shape index (κ2) is 6.39. The van der Waals surface area contributed by atoms with Gasteiger partial charge in [0.1, 0.15) is 0 Å². The molecule has 4 aromatic rings. The molecule has 1 saturated carbocycles. The molecule has 9 rings (SSSR count). The van der Waals surface area contributed by atoms with Crippen LogP contribution in [0.15, 0.2) is 42.5 Å². The lowest BCUT2D eigenvalue weighted by atomic mass is 9.49. The first kappa shape index (κ1) is 20.3. The highest BCUT2D eigenvalue weighted by Gasteiger charge is 2.72. The molecule has 5 nitrogen and oxygen atoms in total. The number of nitrogens with zero attached hydrogens (tertiary/aromatic N) is 1. The second-order valence-electron chi connectivity index (χ2n) is 11.8. The summed E-state index contributed by atoms with van der Waals surface area (Å²) in [4.78, 5) is 6.32. The number of fused-ring (bicyclic) bond motifs is 6. The van der Waals surface area contributed by atoms with Crippen LogP contribution in [0.3, 0.4) is 0 Å². The maximum atomic E-state index is 13.0. The molecular formula is C30H27ClN2O3. The average molecular weight is 499 g/mol. The van der Waals surface area contributed by atoms with Crippen molar-refractivity contribution in [3.63, 3.8) is 0 Å². The number of nitrogens with one attached hydrogen (secondary N) is 1. The highest BCUT2D eigenvalue weighted by molar-refractivity contribution is 6.37. The zero-order valence-electron chi connectivity index (χ0n) is 19.9. The number of aliphatic hydroxyl groups is 1. The van der Waals surface area contributed by atoms with Crippen LogP contribution in [0.2, 0.25) is 5.02 Å². The van der Waals surface area contributed by atoms with E-state index in [2.05, 4.69) is 34.1 Å². The summed E-state index contributed by atoms with van der Waals surface area (Å²) in [6.45, 7) is 2.01. The normalized spacial score (nSPS) is 31.9. The Morgan fingerprint density at radius 1 is 1.11 bits per heavy atom. The number of ether oxygens (including phenoxy) is 1. The smallest absolute Gasteiger partial charge is 0.166 e. The number of benzene rings is 3. The van der Waals surface area contributed by atoms with E-state index in [0.29, 0.717) is 12.2 Å². The molecule has 0 radical (unpaired) electrons. The topological polar surface area (TPSA) is 68.7 Å². The van der Waals surface area contributed by atoms with Gasteiger partial charge in [0, 0.05) is 45.8 Å². The van der Waals surface area contributed by atoms with Crippen molar-refractivity contribution >= 4 is 33.3 Å². The Morgan fingerprint density at radius 3 is 2.78 bits per heavy atom. The van der Waals surface area contributed by atoms with Gasteiger partial charge < -0.3 is 19.9 Å². The van der Waals surface area contributed by atoms with Gasteiger partial charge in [-0.25, -0.2) is 0 Å². The van der Waals surface area contributed by atoms with Gasteiger partial charge in [-0.3, -0.25) is 4.90 Å². The van der Waals surface area contributed by atoms with E-state index in [1.165, 1.54) is 18.4 Å². The van der Waals surface area contributed by atoms with Crippen LogP contribution in [0.4, 0.5) is 0 Å². The molecule has 3 aromatic carbocycles. The van der Waals surface area contributed by atoms with Crippen molar-refractivity contribution in [3.8, 4) is 11.5 Å². The highest BCUT2D eigenvalue weighted by Crippen LogP contribution is 2.69. The number of aromatic amines is 1. The SMILES string of the molecule is Oc1ccc2c3c1O[C@H]1c4[nH]c5c(cc(Cl)c6ccccc65)c4C[C@@]4(O)[C@@H](C2)N(CC2CC2)CC[C@]314. The van der Waals surface area contributed by atoms with Gasteiger partial charge in [-0.05, 0) is 61.4 Å². The third kappa shape index (κ3) is 2.19. The first-order chi connectivity index (χ1) is 17.5. The molecule has 0 amide bonds. The van der Waals surface area contributed by atoms with Crippen molar-refractivity contribution in [3.05, 3.63) is 69.9 Å². The van der Waals surface area contributed by atoms with E-state index < -0.39 is 11.0 Å². The summed E-state index contributed by atoms with van der Waals surface area (Å²) in [5.74, 6) is 1.50. The minimum atomic E-state index is -0.989. The zero-order chi connectivity index (χ0) is 24.0. The molecule has 36 heavy (non-hydrogen) atoms. The average Bonchev–Trinajstić information content (AvgIpc) is 3.52. The maximum absolute atomic E-state index is 13.0. The molecule has 1 spiro atoms. The quantitative estimate of drug-likeness (QED) is 0.347. The summed E-state index contributed by atoms with van der Waals surface area (Å²) in [6, 6.07) is 14.1. The number of phenolic OH excluding ortho intramolecular Hbond substituents is 1. The van der Waals surface area contributed by atoms with Crippen LogP contribution in [-0.4, -0.2) is 44.8 Å². The number of aromatic nitrogens is 1. The molecule has 2 bridgehead atoms. The first-order valence-corrected chi connectivity index (χ1v) is 13.6. The fraction of sp³-hybridized carbons (Fsp3) is 0.400. The van der Waals surface area contributed by atoms with Gasteiger partial charge in [0.15, 0.2) is 17.6 Å². The molecule has 4 atom stereocenters. The number of hydrogen-bond donors (Lipinski definition) is 3. The predicted octanol–water partition coefficient (Wildman–Crippen LogP) is 5.38. The van der Waals surface area contributed by atoms with E-state index >= 15 is 0 Å². The predicted molar refractivity (Wildman–Crippen MR) is 139 cm³/mol. The Balaban J connectivity index is 1.35. The van der Waals surface area contributed by atoms with Crippen molar-refractivity contribution in [1.82, 2.24) is 9.88 Å².